The van der Waals surface area contributed by atoms with E-state index in [1.807, 2.05) is 0 Å². The normalized spacial score (nSPS) is 19.7. The Bertz CT molecular complexity index is 166. The summed E-state index contributed by atoms with van der Waals surface area (Å²) in [4.78, 5) is 0. The molecule has 16 heavy (non-hydrogen) atoms. The number of hydrogen-bond donors (Lipinski definition) is 2. The highest BCUT2D eigenvalue weighted by molar-refractivity contribution is 4.79. The Kier molecular flexibility index (Phi) is 7.06. The van der Waals surface area contributed by atoms with Crippen LogP contribution in [0, 0.1) is 17.8 Å². The van der Waals surface area contributed by atoms with Crippen LogP contribution >= 0.6 is 0 Å². The van der Waals surface area contributed by atoms with Crippen LogP contribution in [0.25, 0.3) is 0 Å². The molecule has 1 aliphatic rings. The molecule has 1 rings (SSSR count). The number of rotatable bonds is 10. The zero-order chi connectivity index (χ0) is 11.8. The van der Waals surface area contributed by atoms with Crippen molar-refractivity contribution in [1.29, 1.82) is 0 Å². The summed E-state index contributed by atoms with van der Waals surface area (Å²) in [5.74, 6) is 2.78. The van der Waals surface area contributed by atoms with Crippen molar-refractivity contribution < 1.29 is 0 Å². The van der Waals surface area contributed by atoms with Gasteiger partial charge in [0.15, 0.2) is 0 Å². The average Bonchev–Trinajstić information content (AvgIpc) is 3.10. The summed E-state index contributed by atoms with van der Waals surface area (Å²) in [6, 6.07) is 0. The van der Waals surface area contributed by atoms with Gasteiger partial charge in [0, 0.05) is 0 Å². The van der Waals surface area contributed by atoms with Gasteiger partial charge in [0.25, 0.3) is 0 Å². The minimum atomic E-state index is 0.852. The van der Waals surface area contributed by atoms with Gasteiger partial charge >= 0.3 is 0 Å². The van der Waals surface area contributed by atoms with Crippen LogP contribution in [0.5, 0.6) is 0 Å². The predicted molar refractivity (Wildman–Crippen MR) is 71.4 cm³/mol. The van der Waals surface area contributed by atoms with Crippen molar-refractivity contribution in [3.8, 4) is 0 Å². The van der Waals surface area contributed by atoms with Gasteiger partial charge in [-0.2, -0.15) is 0 Å². The third-order valence-electron chi connectivity index (χ3n) is 4.01. The van der Waals surface area contributed by atoms with Crippen molar-refractivity contribution in [3.05, 3.63) is 0 Å². The fourth-order valence-electron chi connectivity index (χ4n) is 2.47. The molecule has 1 fully saturated rings. The van der Waals surface area contributed by atoms with Crippen LogP contribution in [0.1, 0.15) is 52.4 Å². The summed E-state index contributed by atoms with van der Waals surface area (Å²) in [5.41, 5.74) is 5.60. The molecule has 1 aliphatic carbocycles. The smallest absolute Gasteiger partial charge is 0.00205 e. The Morgan fingerprint density at radius 1 is 1.31 bits per heavy atom. The van der Waals surface area contributed by atoms with Crippen LogP contribution in [-0.2, 0) is 0 Å². The van der Waals surface area contributed by atoms with Gasteiger partial charge in [-0.25, -0.2) is 0 Å². The van der Waals surface area contributed by atoms with E-state index in [0.29, 0.717) is 0 Å². The molecule has 0 aliphatic heterocycles. The summed E-state index contributed by atoms with van der Waals surface area (Å²) in [5, 5.41) is 3.60. The van der Waals surface area contributed by atoms with Gasteiger partial charge in [0.2, 0.25) is 0 Å². The third-order valence-corrected chi connectivity index (χ3v) is 4.01. The molecule has 0 saturated heterocycles. The standard InChI is InChI=1S/C14H30N2/c1-3-13(8-9-15)5-4-10-16-11-12(2)14-6-7-14/h12-14,16H,3-11,15H2,1-2H3. The van der Waals surface area contributed by atoms with Crippen LogP contribution in [0.4, 0.5) is 0 Å². The topological polar surface area (TPSA) is 38.0 Å². The molecule has 0 amide bonds. The molecule has 0 spiro atoms. The Balaban J connectivity index is 1.89. The maximum absolute atomic E-state index is 5.60. The molecule has 1 saturated carbocycles. The highest BCUT2D eigenvalue weighted by Gasteiger charge is 2.27. The van der Waals surface area contributed by atoms with Gasteiger partial charge in [-0.3, -0.25) is 0 Å². The van der Waals surface area contributed by atoms with Crippen LogP contribution in [0.2, 0.25) is 0 Å². The molecule has 2 atom stereocenters. The highest BCUT2D eigenvalue weighted by Crippen LogP contribution is 2.36. The van der Waals surface area contributed by atoms with Crippen molar-refractivity contribution in [3.63, 3.8) is 0 Å². The van der Waals surface area contributed by atoms with Crippen LogP contribution in [0.15, 0.2) is 0 Å². The van der Waals surface area contributed by atoms with E-state index in [1.165, 1.54) is 51.6 Å². The van der Waals surface area contributed by atoms with E-state index in [2.05, 4.69) is 19.2 Å². The first kappa shape index (κ1) is 14.0. The van der Waals surface area contributed by atoms with Crippen molar-refractivity contribution in [2.24, 2.45) is 23.5 Å². The Labute approximate surface area is 101 Å². The van der Waals surface area contributed by atoms with E-state index in [-0.39, 0.29) is 0 Å². The van der Waals surface area contributed by atoms with Crippen LogP contribution < -0.4 is 11.1 Å². The zero-order valence-electron chi connectivity index (χ0n) is 11.2. The molecular weight excluding hydrogens is 196 g/mol. The van der Waals surface area contributed by atoms with Gasteiger partial charge in [-0.05, 0) is 69.5 Å². The highest BCUT2D eigenvalue weighted by atomic mass is 14.9. The second kappa shape index (κ2) is 8.08. The van der Waals surface area contributed by atoms with Crippen molar-refractivity contribution >= 4 is 0 Å². The lowest BCUT2D eigenvalue weighted by Gasteiger charge is -2.15. The van der Waals surface area contributed by atoms with E-state index in [0.717, 1.165) is 24.3 Å². The lowest BCUT2D eigenvalue weighted by Crippen LogP contribution is -2.23. The van der Waals surface area contributed by atoms with E-state index in [1.54, 1.807) is 0 Å². The molecule has 96 valence electrons. The summed E-state index contributed by atoms with van der Waals surface area (Å²) in [6.07, 6.45) is 8.09. The van der Waals surface area contributed by atoms with Gasteiger partial charge in [-0.15, -0.1) is 0 Å². The molecule has 0 aromatic heterocycles. The molecule has 0 aromatic rings. The molecular formula is C14H30N2. The first-order valence-electron chi connectivity index (χ1n) is 7.18. The molecule has 0 aromatic carbocycles. The van der Waals surface area contributed by atoms with E-state index in [9.17, 15) is 0 Å². The minimum absolute atomic E-state index is 0.852. The molecule has 0 bridgehead atoms. The Morgan fingerprint density at radius 2 is 2.06 bits per heavy atom. The molecule has 0 radical (unpaired) electrons. The monoisotopic (exact) mass is 226 g/mol. The van der Waals surface area contributed by atoms with E-state index >= 15 is 0 Å². The SMILES string of the molecule is CCC(CCN)CCCNCC(C)C1CC1. The first-order valence-corrected chi connectivity index (χ1v) is 7.18. The predicted octanol–water partition coefficient (Wildman–Crippen LogP) is 2.78. The molecule has 2 unspecified atom stereocenters. The molecule has 0 heterocycles. The number of nitrogens with two attached hydrogens (primary N) is 1. The Hall–Kier alpha value is -0.0800. The lowest BCUT2D eigenvalue weighted by molar-refractivity contribution is 0.407. The second-order valence-corrected chi connectivity index (χ2v) is 5.51. The van der Waals surface area contributed by atoms with Gasteiger partial charge in [-0.1, -0.05) is 20.3 Å². The third kappa shape index (κ3) is 5.86. The number of hydrogen-bond acceptors (Lipinski definition) is 2. The molecule has 3 N–H and O–H groups in total. The van der Waals surface area contributed by atoms with Crippen LogP contribution in [0.3, 0.4) is 0 Å². The van der Waals surface area contributed by atoms with E-state index < -0.39 is 0 Å². The van der Waals surface area contributed by atoms with Crippen molar-refractivity contribution in [1.82, 2.24) is 5.32 Å². The fraction of sp³-hybridized carbons (Fsp3) is 1.00. The maximum atomic E-state index is 5.60. The zero-order valence-corrected chi connectivity index (χ0v) is 11.2. The summed E-state index contributed by atoms with van der Waals surface area (Å²) >= 11 is 0. The van der Waals surface area contributed by atoms with Crippen molar-refractivity contribution in [2.75, 3.05) is 19.6 Å². The fourth-order valence-corrected chi connectivity index (χ4v) is 2.47. The first-order chi connectivity index (χ1) is 7.77. The van der Waals surface area contributed by atoms with Gasteiger partial charge in [0.05, 0.1) is 0 Å². The Morgan fingerprint density at radius 3 is 2.62 bits per heavy atom. The minimum Gasteiger partial charge on any atom is -0.330 e. The lowest BCUT2D eigenvalue weighted by atomic mass is 9.97. The van der Waals surface area contributed by atoms with Crippen LogP contribution in [-0.4, -0.2) is 19.6 Å². The van der Waals surface area contributed by atoms with Gasteiger partial charge < -0.3 is 11.1 Å². The molecule has 2 nitrogen and oxygen atoms in total. The number of nitrogens with one attached hydrogen (secondary N) is 1. The van der Waals surface area contributed by atoms with Crippen molar-refractivity contribution in [2.45, 2.75) is 52.4 Å². The second-order valence-electron chi connectivity index (χ2n) is 5.51. The largest absolute Gasteiger partial charge is 0.330 e. The summed E-state index contributed by atoms with van der Waals surface area (Å²) in [7, 11) is 0. The average molecular weight is 226 g/mol. The molecule has 2 heteroatoms. The maximum Gasteiger partial charge on any atom is -0.00205 e. The van der Waals surface area contributed by atoms with Gasteiger partial charge in [0.1, 0.15) is 0 Å². The quantitative estimate of drug-likeness (QED) is 0.562. The summed E-state index contributed by atoms with van der Waals surface area (Å²) in [6.45, 7) is 7.93. The van der Waals surface area contributed by atoms with E-state index in [4.69, 9.17) is 5.73 Å². The summed E-state index contributed by atoms with van der Waals surface area (Å²) < 4.78 is 0.